The van der Waals surface area contributed by atoms with Crippen molar-refractivity contribution in [3.63, 3.8) is 0 Å². The number of hydrogen-bond acceptors (Lipinski definition) is 7. The Morgan fingerprint density at radius 2 is 1.89 bits per heavy atom. The predicted molar refractivity (Wildman–Crippen MR) is 117 cm³/mol. The first-order valence-electron chi connectivity index (χ1n) is 10.4. The van der Waals surface area contributed by atoms with Crippen LogP contribution in [0.25, 0.3) is 10.2 Å². The summed E-state index contributed by atoms with van der Waals surface area (Å²) in [5.41, 5.74) is 7.64. The highest BCUT2D eigenvalue weighted by molar-refractivity contribution is 7.99. The molecule has 1 aliphatic carbocycles. The molecule has 6 nitrogen and oxygen atoms in total. The van der Waals surface area contributed by atoms with E-state index in [2.05, 4.69) is 15.2 Å². The number of piperidine rings is 1. The second kappa shape index (κ2) is 9.41. The zero-order valence-electron chi connectivity index (χ0n) is 16.3. The molecule has 4 rings (SSSR count). The first kappa shape index (κ1) is 19.9. The van der Waals surface area contributed by atoms with Crippen molar-refractivity contribution >= 4 is 45.0 Å². The van der Waals surface area contributed by atoms with Crippen molar-refractivity contribution < 1.29 is 4.79 Å². The molecule has 0 bridgehead atoms. The molecule has 2 aromatic heterocycles. The summed E-state index contributed by atoms with van der Waals surface area (Å²) in [6, 6.07) is 0. The van der Waals surface area contributed by atoms with Crippen LogP contribution < -0.4 is 11.1 Å². The summed E-state index contributed by atoms with van der Waals surface area (Å²) in [6.45, 7) is 3.96. The second-order valence-electron chi connectivity index (χ2n) is 7.68. The lowest BCUT2D eigenvalue weighted by Crippen LogP contribution is -2.38. The third kappa shape index (κ3) is 4.78. The zero-order valence-corrected chi connectivity index (χ0v) is 18.0. The number of fused-ring (bicyclic) bond motifs is 3. The minimum Gasteiger partial charge on any atom is -0.383 e. The molecule has 0 aromatic carbocycles. The van der Waals surface area contributed by atoms with Gasteiger partial charge in [0.15, 0.2) is 5.16 Å². The Bertz CT molecular complexity index is 832. The van der Waals surface area contributed by atoms with Crippen LogP contribution >= 0.6 is 23.1 Å². The fourth-order valence-corrected chi connectivity index (χ4v) is 6.13. The van der Waals surface area contributed by atoms with Gasteiger partial charge in [-0.15, -0.1) is 11.3 Å². The van der Waals surface area contributed by atoms with Gasteiger partial charge in [0.25, 0.3) is 0 Å². The molecule has 152 valence electrons. The van der Waals surface area contributed by atoms with Gasteiger partial charge >= 0.3 is 0 Å². The van der Waals surface area contributed by atoms with E-state index in [1.54, 1.807) is 11.3 Å². The van der Waals surface area contributed by atoms with Gasteiger partial charge in [0.2, 0.25) is 5.91 Å². The maximum atomic E-state index is 12.2. The van der Waals surface area contributed by atoms with Gasteiger partial charge in [-0.25, -0.2) is 9.97 Å². The van der Waals surface area contributed by atoms with Crippen molar-refractivity contribution in [2.45, 2.75) is 56.5 Å². The van der Waals surface area contributed by atoms with Crippen LogP contribution in [-0.4, -0.2) is 52.7 Å². The average Bonchev–Trinajstić information content (AvgIpc) is 2.89. The number of rotatable bonds is 6. The number of nitrogens with two attached hydrogens (primary N) is 1. The zero-order chi connectivity index (χ0) is 19.3. The monoisotopic (exact) mass is 419 g/mol. The number of nitrogens with one attached hydrogen (secondary N) is 1. The lowest BCUT2D eigenvalue weighted by Gasteiger charge is -2.26. The van der Waals surface area contributed by atoms with Crippen LogP contribution in [0.4, 0.5) is 5.82 Å². The molecular weight excluding hydrogens is 390 g/mol. The van der Waals surface area contributed by atoms with Crippen molar-refractivity contribution in [3.8, 4) is 0 Å². The number of thiophene rings is 1. The van der Waals surface area contributed by atoms with E-state index in [0.29, 0.717) is 23.3 Å². The summed E-state index contributed by atoms with van der Waals surface area (Å²) in [5.74, 6) is 0.930. The van der Waals surface area contributed by atoms with E-state index in [0.717, 1.165) is 42.7 Å². The van der Waals surface area contributed by atoms with Gasteiger partial charge in [-0.05, 0) is 57.2 Å². The largest absolute Gasteiger partial charge is 0.383 e. The molecule has 0 radical (unpaired) electrons. The van der Waals surface area contributed by atoms with Crippen LogP contribution in [0.15, 0.2) is 5.16 Å². The van der Waals surface area contributed by atoms with Crippen LogP contribution in [0.1, 0.15) is 49.0 Å². The van der Waals surface area contributed by atoms with Crippen LogP contribution in [0.5, 0.6) is 0 Å². The highest BCUT2D eigenvalue weighted by Crippen LogP contribution is 2.37. The lowest BCUT2D eigenvalue weighted by atomic mass is 10.1. The standard InChI is InChI=1S/C20H29N5OS2/c21-18-17-14-7-3-1-4-8-15(14)28-19(17)24-20(23-18)27-13-16(26)22-9-12-25-10-5-2-6-11-25/h1-13H2,(H,22,26)(H2,21,23,24). The molecule has 3 N–H and O–H groups in total. The van der Waals surface area contributed by atoms with Crippen molar-refractivity contribution in [2.75, 3.05) is 37.7 Å². The number of nitrogen functional groups attached to an aromatic ring is 1. The average molecular weight is 420 g/mol. The molecule has 2 aromatic rings. The smallest absolute Gasteiger partial charge is 0.230 e. The minimum atomic E-state index is 0.0336. The number of carbonyl (C=O) groups excluding carboxylic acids is 1. The summed E-state index contributed by atoms with van der Waals surface area (Å²) >= 11 is 3.13. The van der Waals surface area contributed by atoms with Crippen LogP contribution in [0.3, 0.4) is 0 Å². The maximum absolute atomic E-state index is 12.2. The van der Waals surface area contributed by atoms with Crippen molar-refractivity contribution in [1.82, 2.24) is 20.2 Å². The molecule has 1 saturated heterocycles. The minimum absolute atomic E-state index is 0.0336. The summed E-state index contributed by atoms with van der Waals surface area (Å²) < 4.78 is 0. The molecule has 8 heteroatoms. The van der Waals surface area contributed by atoms with Crippen molar-refractivity contribution in [3.05, 3.63) is 10.4 Å². The highest BCUT2D eigenvalue weighted by atomic mass is 32.2. The fraction of sp³-hybridized carbons (Fsp3) is 0.650. The van der Waals surface area contributed by atoms with E-state index in [9.17, 15) is 4.79 Å². The number of anilines is 1. The molecule has 1 amide bonds. The molecule has 0 unspecified atom stereocenters. The number of likely N-dealkylation sites (tertiary alicyclic amines) is 1. The first-order valence-corrected chi connectivity index (χ1v) is 12.2. The molecule has 1 aliphatic heterocycles. The third-order valence-electron chi connectivity index (χ3n) is 5.60. The fourth-order valence-electron chi connectivity index (χ4n) is 4.12. The Hall–Kier alpha value is -1.38. The molecule has 2 aliphatic rings. The van der Waals surface area contributed by atoms with Gasteiger partial charge < -0.3 is 16.0 Å². The number of nitrogens with zero attached hydrogens (tertiary/aromatic N) is 3. The Morgan fingerprint density at radius 3 is 2.75 bits per heavy atom. The first-order chi connectivity index (χ1) is 13.7. The normalized spacial score (nSPS) is 18.0. The number of hydrogen-bond donors (Lipinski definition) is 2. The summed E-state index contributed by atoms with van der Waals surface area (Å²) in [4.78, 5) is 26.2. The molecule has 28 heavy (non-hydrogen) atoms. The summed E-state index contributed by atoms with van der Waals surface area (Å²) in [6.07, 6.45) is 9.82. The molecule has 0 saturated carbocycles. The van der Waals surface area contributed by atoms with Gasteiger partial charge in [-0.2, -0.15) is 0 Å². The van der Waals surface area contributed by atoms with Gasteiger partial charge in [0.05, 0.1) is 11.1 Å². The number of aromatic nitrogens is 2. The molecule has 1 fully saturated rings. The Morgan fingerprint density at radius 1 is 1.11 bits per heavy atom. The molecular formula is C20H29N5OS2. The highest BCUT2D eigenvalue weighted by Gasteiger charge is 2.19. The van der Waals surface area contributed by atoms with Gasteiger partial charge in [-0.1, -0.05) is 24.6 Å². The molecule has 0 spiro atoms. The number of carbonyl (C=O) groups is 1. The maximum Gasteiger partial charge on any atom is 0.230 e. The van der Waals surface area contributed by atoms with E-state index in [1.165, 1.54) is 60.7 Å². The van der Waals surface area contributed by atoms with Gasteiger partial charge in [0, 0.05) is 18.0 Å². The SMILES string of the molecule is Nc1nc(SCC(=O)NCCN2CCCCC2)nc2sc3c(c12)CCCCC3. The van der Waals surface area contributed by atoms with E-state index in [1.807, 2.05) is 0 Å². The van der Waals surface area contributed by atoms with Crippen molar-refractivity contribution in [2.24, 2.45) is 0 Å². The van der Waals surface area contributed by atoms with Crippen LogP contribution in [-0.2, 0) is 17.6 Å². The van der Waals surface area contributed by atoms with Crippen molar-refractivity contribution in [1.29, 1.82) is 0 Å². The second-order valence-corrected chi connectivity index (χ2v) is 9.70. The lowest BCUT2D eigenvalue weighted by molar-refractivity contribution is -0.118. The molecule has 0 atom stereocenters. The van der Waals surface area contributed by atoms with E-state index >= 15 is 0 Å². The predicted octanol–water partition coefficient (Wildman–Crippen LogP) is 3.24. The Balaban J connectivity index is 1.32. The van der Waals surface area contributed by atoms with E-state index < -0.39 is 0 Å². The third-order valence-corrected chi connectivity index (χ3v) is 7.64. The van der Waals surface area contributed by atoms with E-state index in [-0.39, 0.29) is 5.91 Å². The number of amides is 1. The van der Waals surface area contributed by atoms with Gasteiger partial charge in [0.1, 0.15) is 10.6 Å². The number of thioether (sulfide) groups is 1. The van der Waals surface area contributed by atoms with Crippen LogP contribution in [0.2, 0.25) is 0 Å². The van der Waals surface area contributed by atoms with Crippen LogP contribution in [0, 0.1) is 0 Å². The quantitative estimate of drug-likeness (QED) is 0.425. The summed E-state index contributed by atoms with van der Waals surface area (Å²) in [5, 5.41) is 4.67. The summed E-state index contributed by atoms with van der Waals surface area (Å²) in [7, 11) is 0. The van der Waals surface area contributed by atoms with E-state index in [4.69, 9.17) is 10.7 Å². The Labute approximate surface area is 174 Å². The molecule has 3 heterocycles. The number of aryl methyl sites for hydroxylation is 2. The topological polar surface area (TPSA) is 84.1 Å². The van der Waals surface area contributed by atoms with Gasteiger partial charge in [-0.3, -0.25) is 4.79 Å². The Kier molecular flexibility index (Phi) is 6.69.